The highest BCUT2D eigenvalue weighted by molar-refractivity contribution is 5.68. The first-order valence-electron chi connectivity index (χ1n) is 6.29. The highest BCUT2D eigenvalue weighted by Gasteiger charge is 2.29. The molecule has 0 aliphatic heterocycles. The van der Waals surface area contributed by atoms with Gasteiger partial charge in [-0.25, -0.2) is 0 Å². The number of carbonyl (C=O) groups is 1. The number of hydrogen-bond donors (Lipinski definition) is 0. The highest BCUT2D eigenvalue weighted by Crippen LogP contribution is 2.23. The van der Waals surface area contributed by atoms with Gasteiger partial charge in [-0.15, -0.1) is 0 Å². The zero-order valence-electron chi connectivity index (χ0n) is 11.3. The Kier molecular flexibility index (Phi) is 4.88. The minimum Gasteiger partial charge on any atom is -0.302 e. The zero-order valence-corrected chi connectivity index (χ0v) is 11.3. The number of aldehydes is 1. The number of benzene rings is 1. The Morgan fingerprint density at radius 1 is 1.29 bits per heavy atom. The van der Waals surface area contributed by atoms with Gasteiger partial charge in [0.15, 0.2) is 0 Å². The van der Waals surface area contributed by atoms with E-state index in [-0.39, 0.29) is 0 Å². The van der Waals surface area contributed by atoms with Crippen LogP contribution >= 0.6 is 0 Å². The molecule has 1 aromatic rings. The van der Waals surface area contributed by atoms with E-state index in [2.05, 4.69) is 25.7 Å². The third-order valence-corrected chi connectivity index (χ3v) is 3.36. The van der Waals surface area contributed by atoms with Crippen LogP contribution in [0, 0.1) is 0 Å². The molecule has 0 aromatic heterocycles. The van der Waals surface area contributed by atoms with E-state index in [0.29, 0.717) is 6.04 Å². The first-order valence-corrected chi connectivity index (χ1v) is 6.29. The summed E-state index contributed by atoms with van der Waals surface area (Å²) in [5.41, 5.74) is 0.677. The van der Waals surface area contributed by atoms with Gasteiger partial charge in [-0.1, -0.05) is 37.3 Å². The molecule has 0 aliphatic rings. The summed E-state index contributed by atoms with van der Waals surface area (Å²) < 4.78 is 0. The van der Waals surface area contributed by atoms with Crippen LogP contribution in [-0.2, 0) is 10.2 Å². The van der Waals surface area contributed by atoms with Crippen molar-refractivity contribution in [2.45, 2.75) is 39.2 Å². The molecule has 0 radical (unpaired) electrons. The predicted octanol–water partition coefficient (Wildman–Crippen LogP) is 2.87. The van der Waals surface area contributed by atoms with Gasteiger partial charge >= 0.3 is 0 Å². The number of likely N-dealkylation sites (N-methyl/N-ethyl adjacent to an activating group) is 1. The van der Waals surface area contributed by atoms with E-state index >= 15 is 0 Å². The van der Waals surface area contributed by atoms with Crippen LogP contribution in [0.15, 0.2) is 30.3 Å². The lowest BCUT2D eigenvalue weighted by molar-refractivity contribution is -0.112. The lowest BCUT2D eigenvalue weighted by Gasteiger charge is -2.33. The fourth-order valence-corrected chi connectivity index (χ4v) is 2.10. The molecular formula is C15H23NO. The molecule has 1 rings (SSSR count). The van der Waals surface area contributed by atoms with E-state index in [1.807, 2.05) is 37.3 Å². The molecule has 0 fully saturated rings. The summed E-state index contributed by atoms with van der Waals surface area (Å²) in [6.45, 7) is 10.2. The van der Waals surface area contributed by atoms with Gasteiger partial charge in [-0.2, -0.15) is 0 Å². The normalized spacial score (nSPS) is 14.9. The number of nitrogens with zero attached hydrogens (tertiary/aromatic N) is 1. The van der Waals surface area contributed by atoms with Crippen LogP contribution in [0.3, 0.4) is 0 Å². The minimum absolute atomic E-state index is 0.415. The molecule has 94 valence electrons. The molecule has 0 spiro atoms. The summed E-state index contributed by atoms with van der Waals surface area (Å²) in [5, 5.41) is 0. The van der Waals surface area contributed by atoms with Crippen LogP contribution in [0.1, 0.15) is 33.3 Å². The second kappa shape index (κ2) is 5.97. The van der Waals surface area contributed by atoms with Crippen molar-refractivity contribution in [1.82, 2.24) is 4.90 Å². The van der Waals surface area contributed by atoms with Gasteiger partial charge in [0.1, 0.15) is 6.29 Å². The molecule has 2 heteroatoms. The largest absolute Gasteiger partial charge is 0.302 e. The van der Waals surface area contributed by atoms with Crippen molar-refractivity contribution in [1.29, 1.82) is 0 Å². The molecule has 0 N–H and O–H groups in total. The first-order chi connectivity index (χ1) is 8.03. The molecule has 1 atom stereocenters. The second-order valence-electron chi connectivity index (χ2n) is 5.06. The highest BCUT2D eigenvalue weighted by atomic mass is 16.1. The standard InChI is InChI=1S/C15H23NO/c1-5-16(13(2)3)11-15(4,12-17)14-9-7-6-8-10-14/h6-10,12-13H,5,11H2,1-4H3. The fraction of sp³-hybridized carbons (Fsp3) is 0.533. The average Bonchev–Trinajstić information content (AvgIpc) is 2.36. The quantitative estimate of drug-likeness (QED) is 0.704. The van der Waals surface area contributed by atoms with Gasteiger partial charge in [0.2, 0.25) is 0 Å². The van der Waals surface area contributed by atoms with Crippen molar-refractivity contribution < 1.29 is 4.79 Å². The molecule has 2 nitrogen and oxygen atoms in total. The maximum atomic E-state index is 11.5. The lowest BCUT2D eigenvalue weighted by atomic mass is 9.83. The summed E-state index contributed by atoms with van der Waals surface area (Å²) in [5.74, 6) is 0. The average molecular weight is 233 g/mol. The molecule has 1 aromatic carbocycles. The molecule has 0 saturated heterocycles. The van der Waals surface area contributed by atoms with Crippen molar-refractivity contribution in [2.24, 2.45) is 0 Å². The summed E-state index contributed by atoms with van der Waals surface area (Å²) in [4.78, 5) is 13.8. The van der Waals surface area contributed by atoms with Crippen LogP contribution in [0.2, 0.25) is 0 Å². The van der Waals surface area contributed by atoms with Crippen molar-refractivity contribution in [2.75, 3.05) is 13.1 Å². The molecular weight excluding hydrogens is 210 g/mol. The molecule has 0 aliphatic carbocycles. The Labute approximate surface area is 105 Å². The molecule has 0 bridgehead atoms. The lowest BCUT2D eigenvalue weighted by Crippen LogP contribution is -2.43. The van der Waals surface area contributed by atoms with Crippen LogP contribution in [-0.4, -0.2) is 30.3 Å². The van der Waals surface area contributed by atoms with E-state index < -0.39 is 5.41 Å². The second-order valence-corrected chi connectivity index (χ2v) is 5.06. The smallest absolute Gasteiger partial charge is 0.131 e. The molecule has 0 saturated carbocycles. The summed E-state index contributed by atoms with van der Waals surface area (Å²) in [7, 11) is 0. The molecule has 17 heavy (non-hydrogen) atoms. The number of hydrogen-bond acceptors (Lipinski definition) is 2. The van der Waals surface area contributed by atoms with Gasteiger partial charge < -0.3 is 4.79 Å². The Morgan fingerprint density at radius 2 is 1.88 bits per heavy atom. The Bertz CT molecular complexity index is 347. The summed E-state index contributed by atoms with van der Waals surface area (Å²) in [6.07, 6.45) is 1.08. The van der Waals surface area contributed by atoms with Gasteiger partial charge in [0.05, 0.1) is 5.41 Å². The van der Waals surface area contributed by atoms with Crippen LogP contribution < -0.4 is 0 Å². The number of carbonyl (C=O) groups excluding carboxylic acids is 1. The predicted molar refractivity (Wildman–Crippen MR) is 72.2 cm³/mol. The van der Waals surface area contributed by atoms with E-state index in [1.165, 1.54) is 0 Å². The Balaban J connectivity index is 2.93. The molecule has 1 unspecified atom stereocenters. The van der Waals surface area contributed by atoms with E-state index in [9.17, 15) is 4.79 Å². The van der Waals surface area contributed by atoms with Crippen LogP contribution in [0.25, 0.3) is 0 Å². The third kappa shape index (κ3) is 3.40. The monoisotopic (exact) mass is 233 g/mol. The van der Waals surface area contributed by atoms with Crippen molar-refractivity contribution in [3.8, 4) is 0 Å². The van der Waals surface area contributed by atoms with Crippen LogP contribution in [0.4, 0.5) is 0 Å². The van der Waals surface area contributed by atoms with E-state index in [0.717, 1.165) is 24.9 Å². The van der Waals surface area contributed by atoms with Gasteiger partial charge in [-0.05, 0) is 32.9 Å². The Morgan fingerprint density at radius 3 is 2.29 bits per heavy atom. The van der Waals surface area contributed by atoms with Crippen molar-refractivity contribution >= 4 is 6.29 Å². The Hall–Kier alpha value is -1.15. The minimum atomic E-state index is -0.415. The van der Waals surface area contributed by atoms with Crippen molar-refractivity contribution in [3.05, 3.63) is 35.9 Å². The number of rotatable bonds is 6. The molecule has 0 amide bonds. The van der Waals surface area contributed by atoms with Crippen molar-refractivity contribution in [3.63, 3.8) is 0 Å². The summed E-state index contributed by atoms with van der Waals surface area (Å²) in [6, 6.07) is 10.5. The third-order valence-electron chi connectivity index (χ3n) is 3.36. The first kappa shape index (κ1) is 13.9. The van der Waals surface area contributed by atoms with E-state index in [1.54, 1.807) is 0 Å². The van der Waals surface area contributed by atoms with E-state index in [4.69, 9.17) is 0 Å². The topological polar surface area (TPSA) is 20.3 Å². The van der Waals surface area contributed by atoms with Gasteiger partial charge in [-0.3, -0.25) is 4.90 Å². The zero-order chi connectivity index (χ0) is 12.9. The van der Waals surface area contributed by atoms with Gasteiger partial charge in [0, 0.05) is 12.6 Å². The summed E-state index contributed by atoms with van der Waals surface area (Å²) >= 11 is 0. The van der Waals surface area contributed by atoms with Gasteiger partial charge in [0.25, 0.3) is 0 Å². The SMILES string of the molecule is CCN(CC(C)(C=O)c1ccccc1)C(C)C. The fourth-order valence-electron chi connectivity index (χ4n) is 2.10. The molecule has 0 heterocycles. The maximum absolute atomic E-state index is 11.5. The van der Waals surface area contributed by atoms with Crippen LogP contribution in [0.5, 0.6) is 0 Å². The maximum Gasteiger partial charge on any atom is 0.131 e.